The van der Waals surface area contributed by atoms with Gasteiger partial charge in [-0.3, -0.25) is 4.79 Å². The molecule has 0 bridgehead atoms. The molecule has 84 valence electrons. The van der Waals surface area contributed by atoms with Crippen LogP contribution in [-0.4, -0.2) is 24.5 Å². The number of cyclic esters (lactones) is 1. The van der Waals surface area contributed by atoms with Crippen LogP contribution in [0.3, 0.4) is 0 Å². The summed E-state index contributed by atoms with van der Waals surface area (Å²) in [6, 6.07) is 4.54. The topological polar surface area (TPSA) is 55.4 Å². The summed E-state index contributed by atoms with van der Waals surface area (Å²) in [5, 5.41) is 2.53. The van der Waals surface area contributed by atoms with Gasteiger partial charge in [-0.05, 0) is 24.3 Å². The van der Waals surface area contributed by atoms with E-state index in [0.29, 0.717) is 18.6 Å². The van der Waals surface area contributed by atoms with Crippen LogP contribution in [-0.2, 0) is 9.53 Å². The molecule has 1 amide bonds. The maximum absolute atomic E-state index is 12.6. The van der Waals surface area contributed by atoms with Gasteiger partial charge in [-0.2, -0.15) is 0 Å². The first-order chi connectivity index (χ1) is 7.66. The van der Waals surface area contributed by atoms with E-state index >= 15 is 0 Å². The fourth-order valence-corrected chi connectivity index (χ4v) is 1.47. The van der Waals surface area contributed by atoms with Crippen molar-refractivity contribution in [2.45, 2.75) is 12.5 Å². The van der Waals surface area contributed by atoms with Crippen LogP contribution in [0.1, 0.15) is 16.8 Å². The molecule has 1 aromatic rings. The van der Waals surface area contributed by atoms with E-state index in [2.05, 4.69) is 5.32 Å². The Hall–Kier alpha value is -1.91. The summed E-state index contributed by atoms with van der Waals surface area (Å²) >= 11 is 0. The summed E-state index contributed by atoms with van der Waals surface area (Å²) < 4.78 is 17.3. The fourth-order valence-electron chi connectivity index (χ4n) is 1.47. The first-order valence-electron chi connectivity index (χ1n) is 4.90. The van der Waals surface area contributed by atoms with Crippen LogP contribution >= 0.6 is 0 Å². The van der Waals surface area contributed by atoms with Crippen LogP contribution in [0.5, 0.6) is 0 Å². The average Bonchev–Trinajstić information content (AvgIpc) is 2.65. The van der Waals surface area contributed by atoms with Crippen LogP contribution in [0.2, 0.25) is 0 Å². The maximum Gasteiger partial charge on any atom is 0.328 e. The molecule has 2 rings (SSSR count). The molecular formula is C11H10FNO3. The van der Waals surface area contributed by atoms with Crippen molar-refractivity contribution in [3.05, 3.63) is 35.6 Å². The second-order valence-electron chi connectivity index (χ2n) is 3.49. The third kappa shape index (κ3) is 2.18. The zero-order chi connectivity index (χ0) is 11.5. The van der Waals surface area contributed by atoms with Crippen LogP contribution in [0, 0.1) is 5.82 Å². The summed E-state index contributed by atoms with van der Waals surface area (Å²) in [6.45, 7) is 0.327. The summed E-state index contributed by atoms with van der Waals surface area (Å²) in [4.78, 5) is 22.7. The molecule has 1 heterocycles. The number of rotatable bonds is 2. The molecule has 1 saturated heterocycles. The summed E-state index contributed by atoms with van der Waals surface area (Å²) in [7, 11) is 0. The van der Waals surface area contributed by atoms with Gasteiger partial charge < -0.3 is 10.1 Å². The minimum atomic E-state index is -0.586. The number of carbonyl (C=O) groups is 2. The molecule has 5 heteroatoms. The number of amides is 1. The van der Waals surface area contributed by atoms with E-state index in [4.69, 9.17) is 4.74 Å². The van der Waals surface area contributed by atoms with Gasteiger partial charge >= 0.3 is 5.97 Å². The second-order valence-corrected chi connectivity index (χ2v) is 3.49. The van der Waals surface area contributed by atoms with Crippen LogP contribution in [0.4, 0.5) is 4.39 Å². The quantitative estimate of drug-likeness (QED) is 0.757. The molecule has 0 aromatic heterocycles. The third-order valence-corrected chi connectivity index (χ3v) is 2.35. The lowest BCUT2D eigenvalue weighted by Crippen LogP contribution is -2.37. The van der Waals surface area contributed by atoms with Crippen molar-refractivity contribution in [3.63, 3.8) is 0 Å². The van der Waals surface area contributed by atoms with Gasteiger partial charge in [-0.1, -0.05) is 0 Å². The van der Waals surface area contributed by atoms with Crippen molar-refractivity contribution in [2.75, 3.05) is 6.61 Å². The van der Waals surface area contributed by atoms with Crippen molar-refractivity contribution in [1.82, 2.24) is 5.32 Å². The molecule has 1 aliphatic heterocycles. The lowest BCUT2D eigenvalue weighted by molar-refractivity contribution is -0.139. The highest BCUT2D eigenvalue weighted by atomic mass is 19.1. The van der Waals surface area contributed by atoms with Gasteiger partial charge in [0.1, 0.15) is 11.9 Å². The van der Waals surface area contributed by atoms with Gasteiger partial charge in [-0.25, -0.2) is 9.18 Å². The highest BCUT2D eigenvalue weighted by molar-refractivity contribution is 5.96. The van der Waals surface area contributed by atoms with Crippen molar-refractivity contribution in [1.29, 1.82) is 0 Å². The van der Waals surface area contributed by atoms with E-state index in [1.54, 1.807) is 0 Å². The number of halogens is 1. The highest BCUT2D eigenvalue weighted by Gasteiger charge is 2.28. The molecule has 0 radical (unpaired) electrons. The van der Waals surface area contributed by atoms with E-state index in [1.165, 1.54) is 24.3 Å². The number of esters is 1. The van der Waals surface area contributed by atoms with Crippen molar-refractivity contribution >= 4 is 11.9 Å². The molecule has 0 saturated carbocycles. The van der Waals surface area contributed by atoms with Crippen LogP contribution < -0.4 is 5.32 Å². The van der Waals surface area contributed by atoms with Gasteiger partial charge in [0.05, 0.1) is 6.61 Å². The summed E-state index contributed by atoms with van der Waals surface area (Å²) in [6.07, 6.45) is 0.478. The standard InChI is InChI=1S/C11H10FNO3/c12-8-3-1-7(2-4-8)10(14)13-9-5-6-16-11(9)15/h1-4,9H,5-6H2,(H,13,14)/t9-/m0/s1. The van der Waals surface area contributed by atoms with E-state index in [1.807, 2.05) is 0 Å². The third-order valence-electron chi connectivity index (χ3n) is 2.35. The molecule has 1 fully saturated rings. The van der Waals surface area contributed by atoms with Crippen LogP contribution in [0.15, 0.2) is 24.3 Å². The molecule has 1 aromatic carbocycles. The Morgan fingerprint density at radius 3 is 2.62 bits per heavy atom. The van der Waals surface area contributed by atoms with E-state index in [0.717, 1.165) is 0 Å². The Morgan fingerprint density at radius 1 is 1.38 bits per heavy atom. The van der Waals surface area contributed by atoms with Gasteiger partial charge in [-0.15, -0.1) is 0 Å². The monoisotopic (exact) mass is 223 g/mol. The van der Waals surface area contributed by atoms with Crippen LogP contribution in [0.25, 0.3) is 0 Å². The Kier molecular flexibility index (Phi) is 2.85. The van der Waals surface area contributed by atoms with Gasteiger partial charge in [0.15, 0.2) is 0 Å². The zero-order valence-electron chi connectivity index (χ0n) is 8.40. The average molecular weight is 223 g/mol. The normalized spacial score (nSPS) is 19.3. The Labute approximate surface area is 91.4 Å². The first-order valence-corrected chi connectivity index (χ1v) is 4.90. The fraction of sp³-hybridized carbons (Fsp3) is 0.273. The summed E-state index contributed by atoms with van der Waals surface area (Å²) in [5.41, 5.74) is 0.320. The second kappa shape index (κ2) is 4.30. The lowest BCUT2D eigenvalue weighted by Gasteiger charge is -2.08. The number of hydrogen-bond acceptors (Lipinski definition) is 3. The molecule has 1 N–H and O–H groups in total. The number of benzene rings is 1. The summed E-state index contributed by atoms with van der Waals surface area (Å²) in [5.74, 6) is -1.23. The number of carbonyl (C=O) groups excluding carboxylic acids is 2. The van der Waals surface area contributed by atoms with Gasteiger partial charge in [0.2, 0.25) is 0 Å². The van der Waals surface area contributed by atoms with E-state index < -0.39 is 23.7 Å². The zero-order valence-corrected chi connectivity index (χ0v) is 8.40. The first kappa shape index (κ1) is 10.6. The molecule has 1 atom stereocenters. The molecular weight excluding hydrogens is 213 g/mol. The molecule has 0 spiro atoms. The largest absolute Gasteiger partial charge is 0.464 e. The molecule has 4 nitrogen and oxygen atoms in total. The number of hydrogen-bond donors (Lipinski definition) is 1. The Balaban J connectivity index is 2.02. The molecule has 0 unspecified atom stereocenters. The minimum Gasteiger partial charge on any atom is -0.464 e. The van der Waals surface area contributed by atoms with E-state index in [-0.39, 0.29) is 0 Å². The van der Waals surface area contributed by atoms with Crippen molar-refractivity contribution in [3.8, 4) is 0 Å². The van der Waals surface area contributed by atoms with Crippen molar-refractivity contribution < 1.29 is 18.7 Å². The number of nitrogens with one attached hydrogen (secondary N) is 1. The highest BCUT2D eigenvalue weighted by Crippen LogP contribution is 2.08. The molecule has 0 aliphatic carbocycles. The minimum absolute atomic E-state index is 0.320. The SMILES string of the molecule is O=C(N[C@H]1CCOC1=O)c1ccc(F)cc1. The van der Waals surface area contributed by atoms with Crippen molar-refractivity contribution in [2.24, 2.45) is 0 Å². The molecule has 16 heavy (non-hydrogen) atoms. The van der Waals surface area contributed by atoms with Gasteiger partial charge in [0, 0.05) is 12.0 Å². The Morgan fingerprint density at radius 2 is 2.06 bits per heavy atom. The van der Waals surface area contributed by atoms with E-state index in [9.17, 15) is 14.0 Å². The van der Waals surface area contributed by atoms with Gasteiger partial charge in [0.25, 0.3) is 5.91 Å². The molecule has 1 aliphatic rings. The predicted octanol–water partition coefficient (Wildman–Crippen LogP) is 0.871. The smallest absolute Gasteiger partial charge is 0.328 e. The number of ether oxygens (including phenoxy) is 1. The predicted molar refractivity (Wildman–Crippen MR) is 53.2 cm³/mol. The maximum atomic E-state index is 12.6. The lowest BCUT2D eigenvalue weighted by atomic mass is 10.2. The Bertz CT molecular complexity index is 416.